The number of hydrogen-bond acceptors (Lipinski definition) is 1. The first-order chi connectivity index (χ1) is 10.4. The summed E-state index contributed by atoms with van der Waals surface area (Å²) in [4.78, 5) is 0. The zero-order valence-electron chi connectivity index (χ0n) is 10.1. The predicted molar refractivity (Wildman–Crippen MR) is 52.4 cm³/mol. The van der Waals surface area contributed by atoms with E-state index in [2.05, 4.69) is 0 Å². The third kappa shape index (κ3) is 2.97. The van der Waals surface area contributed by atoms with Crippen LogP contribution < -0.4 is 0 Å². The first kappa shape index (κ1) is 18.8. The van der Waals surface area contributed by atoms with Crippen LogP contribution >= 0.6 is 0 Å². The van der Waals surface area contributed by atoms with E-state index in [1.165, 1.54) is 0 Å². The highest BCUT2D eigenvalue weighted by Crippen LogP contribution is 2.43. The third-order valence-corrected chi connectivity index (χ3v) is 2.37. The van der Waals surface area contributed by atoms with Crippen LogP contribution in [-0.2, 0) is 0 Å². The molecule has 1 nitrogen and oxygen atoms in total. The topological polar surface area (TPSA) is 20.2 Å². The molecule has 0 aliphatic carbocycles. The van der Waals surface area contributed by atoms with Gasteiger partial charge < -0.3 is 5.11 Å². The smallest absolute Gasteiger partial charge is 0.357 e. The van der Waals surface area contributed by atoms with Gasteiger partial charge in [-0.1, -0.05) is 0 Å². The van der Waals surface area contributed by atoms with Gasteiger partial charge in [0.15, 0.2) is 23.2 Å². The molecule has 0 fully saturated rings. The summed E-state index contributed by atoms with van der Waals surface area (Å²) < 4.78 is 140. The average Bonchev–Trinajstić information content (AvgIpc) is 2.49. The fraction of sp³-hybridized carbons (Fsp3) is 0.0909. The standard InChI is InChI=1S/C11HF11O/c12-2-1(3(13)6(16)7(23)5(2)15)4(14)8(17)11(21,22)9(18)10(19)20/h23H. The molecule has 1 rings (SSSR count). The Bertz CT molecular complexity index is 686. The molecule has 128 valence electrons. The monoisotopic (exact) mass is 358 g/mol. The molecule has 0 unspecified atom stereocenters. The van der Waals surface area contributed by atoms with Crippen molar-refractivity contribution in [1.82, 2.24) is 0 Å². The number of alkyl halides is 2. The molecule has 0 amide bonds. The maximum Gasteiger partial charge on any atom is 0.357 e. The van der Waals surface area contributed by atoms with E-state index in [1.807, 2.05) is 0 Å². The van der Waals surface area contributed by atoms with Gasteiger partial charge in [-0.15, -0.1) is 0 Å². The number of halogens is 11. The van der Waals surface area contributed by atoms with Gasteiger partial charge in [0.05, 0.1) is 5.56 Å². The van der Waals surface area contributed by atoms with Gasteiger partial charge in [0.2, 0.25) is 23.3 Å². The third-order valence-electron chi connectivity index (χ3n) is 2.37. The highest BCUT2D eigenvalue weighted by atomic mass is 19.3. The molecule has 0 spiro atoms. The van der Waals surface area contributed by atoms with Crippen molar-refractivity contribution < 1.29 is 53.4 Å². The molecule has 1 aromatic rings. The summed E-state index contributed by atoms with van der Waals surface area (Å²) >= 11 is 0. The van der Waals surface area contributed by atoms with Crippen LogP contribution in [0.4, 0.5) is 48.3 Å². The Kier molecular flexibility index (Phi) is 4.97. The van der Waals surface area contributed by atoms with Gasteiger partial charge in [-0.05, 0) is 0 Å². The van der Waals surface area contributed by atoms with Crippen LogP contribution in [0.1, 0.15) is 5.56 Å². The molecule has 0 bridgehead atoms. The normalized spacial score (nSPS) is 13.0. The lowest BCUT2D eigenvalue weighted by Crippen LogP contribution is -2.20. The Morgan fingerprint density at radius 3 is 1.43 bits per heavy atom. The van der Waals surface area contributed by atoms with Crippen molar-refractivity contribution >= 4 is 5.83 Å². The van der Waals surface area contributed by atoms with Crippen LogP contribution in [0, 0.1) is 23.3 Å². The number of hydrogen-bond donors (Lipinski definition) is 1. The molecule has 0 aliphatic heterocycles. The summed E-state index contributed by atoms with van der Waals surface area (Å²) in [6.07, 6.45) is -3.78. The Morgan fingerprint density at radius 2 is 1.09 bits per heavy atom. The van der Waals surface area contributed by atoms with Crippen LogP contribution in [-0.4, -0.2) is 11.0 Å². The minimum absolute atomic E-state index is 2.32. The van der Waals surface area contributed by atoms with Crippen LogP contribution in [0.2, 0.25) is 0 Å². The number of phenolic OH excluding ortho intramolecular Hbond substituents is 1. The SMILES string of the molecule is Oc1c(F)c(F)c(C(F)=C(F)C(F)(F)C(F)=C(F)F)c(F)c1F. The minimum atomic E-state index is -6.01. The lowest BCUT2D eigenvalue weighted by Gasteiger charge is -2.13. The lowest BCUT2D eigenvalue weighted by molar-refractivity contribution is 0.0261. The quantitative estimate of drug-likeness (QED) is 0.577. The number of rotatable bonds is 3. The maximum absolute atomic E-state index is 13.4. The summed E-state index contributed by atoms with van der Waals surface area (Å²) in [7, 11) is 0. The van der Waals surface area contributed by atoms with Crippen molar-refractivity contribution in [3.05, 3.63) is 46.6 Å². The Morgan fingerprint density at radius 1 is 0.696 bits per heavy atom. The molecular formula is C11HF11O. The average molecular weight is 358 g/mol. The van der Waals surface area contributed by atoms with E-state index < -0.39 is 64.1 Å². The molecule has 0 saturated heterocycles. The molecule has 0 aliphatic rings. The molecule has 12 heteroatoms. The van der Waals surface area contributed by atoms with E-state index in [1.54, 1.807) is 0 Å². The van der Waals surface area contributed by atoms with Crippen molar-refractivity contribution in [3.8, 4) is 5.75 Å². The second kappa shape index (κ2) is 6.08. The van der Waals surface area contributed by atoms with E-state index in [9.17, 15) is 48.3 Å². The Balaban J connectivity index is 3.75. The zero-order chi connectivity index (χ0) is 18.3. The van der Waals surface area contributed by atoms with E-state index in [-0.39, 0.29) is 0 Å². The van der Waals surface area contributed by atoms with E-state index >= 15 is 0 Å². The molecule has 0 heterocycles. The first-order valence-electron chi connectivity index (χ1n) is 5.05. The summed E-state index contributed by atoms with van der Waals surface area (Å²) in [5, 5.41) is 8.56. The second-order valence-electron chi connectivity index (χ2n) is 3.76. The molecule has 0 saturated carbocycles. The largest absolute Gasteiger partial charge is 0.503 e. The number of benzene rings is 1. The van der Waals surface area contributed by atoms with Crippen LogP contribution in [0.25, 0.3) is 5.83 Å². The van der Waals surface area contributed by atoms with Crippen molar-refractivity contribution in [1.29, 1.82) is 0 Å². The predicted octanol–water partition coefficient (Wildman–Crippen LogP) is 5.27. The molecule has 0 radical (unpaired) electrons. The van der Waals surface area contributed by atoms with Gasteiger partial charge in [0.25, 0.3) is 0 Å². The van der Waals surface area contributed by atoms with Gasteiger partial charge in [-0.25, -0.2) is 17.6 Å². The summed E-state index contributed by atoms with van der Waals surface area (Å²) in [5.41, 5.74) is -2.72. The number of allylic oxidation sites excluding steroid dienone is 2. The van der Waals surface area contributed by atoms with Crippen molar-refractivity contribution in [2.24, 2.45) is 0 Å². The van der Waals surface area contributed by atoms with Crippen molar-refractivity contribution in [2.75, 3.05) is 0 Å². The molecule has 1 N–H and O–H groups in total. The van der Waals surface area contributed by atoms with Gasteiger partial charge in [-0.3, -0.25) is 0 Å². The Labute approximate surface area is 118 Å². The van der Waals surface area contributed by atoms with Gasteiger partial charge in [0, 0.05) is 0 Å². The van der Waals surface area contributed by atoms with Crippen molar-refractivity contribution in [3.63, 3.8) is 0 Å². The van der Waals surface area contributed by atoms with Gasteiger partial charge in [-0.2, -0.15) is 30.7 Å². The second-order valence-corrected chi connectivity index (χ2v) is 3.76. The van der Waals surface area contributed by atoms with Crippen molar-refractivity contribution in [2.45, 2.75) is 5.92 Å². The molecule has 0 aromatic heterocycles. The summed E-state index contributed by atoms with van der Waals surface area (Å²) in [6.45, 7) is 0. The number of aromatic hydroxyl groups is 1. The van der Waals surface area contributed by atoms with Crippen LogP contribution in [0.5, 0.6) is 5.75 Å². The molecular weight excluding hydrogens is 357 g/mol. The van der Waals surface area contributed by atoms with Crippen LogP contribution in [0.15, 0.2) is 17.7 Å². The van der Waals surface area contributed by atoms with Crippen LogP contribution in [0.3, 0.4) is 0 Å². The lowest BCUT2D eigenvalue weighted by atomic mass is 10.1. The molecule has 23 heavy (non-hydrogen) atoms. The highest BCUT2D eigenvalue weighted by molar-refractivity contribution is 5.65. The zero-order valence-corrected chi connectivity index (χ0v) is 10.1. The maximum atomic E-state index is 13.4. The van der Waals surface area contributed by atoms with E-state index in [4.69, 9.17) is 5.11 Å². The molecule has 1 aromatic carbocycles. The number of phenols is 1. The van der Waals surface area contributed by atoms with Gasteiger partial charge in [0.1, 0.15) is 0 Å². The fourth-order valence-electron chi connectivity index (χ4n) is 1.28. The first-order valence-corrected chi connectivity index (χ1v) is 5.05. The summed E-state index contributed by atoms with van der Waals surface area (Å²) in [6, 6.07) is 0. The van der Waals surface area contributed by atoms with E-state index in [0.29, 0.717) is 0 Å². The molecule has 0 atom stereocenters. The van der Waals surface area contributed by atoms with E-state index in [0.717, 1.165) is 0 Å². The fourth-order valence-corrected chi connectivity index (χ4v) is 1.28. The van der Waals surface area contributed by atoms with Gasteiger partial charge >= 0.3 is 12.0 Å². The Hall–Kier alpha value is -2.27. The summed E-state index contributed by atoms with van der Waals surface area (Å²) in [5.74, 6) is -30.3. The minimum Gasteiger partial charge on any atom is -0.503 e. The highest BCUT2D eigenvalue weighted by Gasteiger charge is 2.47.